The lowest BCUT2D eigenvalue weighted by Gasteiger charge is -2.37. The number of ether oxygens (including phenoxy) is 2. The highest BCUT2D eigenvalue weighted by Gasteiger charge is 2.59. The number of anilines is 1. The summed E-state index contributed by atoms with van der Waals surface area (Å²) in [6.45, 7) is 0.900. The standard InChI is InChI=1S/C26H20ClF4NO5/c1-13(25(35,26(29,30)31)16-5-8-22-21(11-16)32-23(33)12-37-22)17-6-3-14(9-19(17)27)15-4-7-18(20(28)10-15)24(34)36-2/h3-11,13,35H,12H2,1-2H3,(H,32,33)/t13-,25-/m1/s1. The maximum absolute atomic E-state index is 14.4. The van der Waals surface area contributed by atoms with Gasteiger partial charge in [-0.15, -0.1) is 0 Å². The molecule has 0 aliphatic carbocycles. The van der Waals surface area contributed by atoms with Crippen molar-refractivity contribution in [3.05, 3.63) is 82.1 Å². The predicted molar refractivity (Wildman–Crippen MR) is 127 cm³/mol. The molecule has 0 unspecified atom stereocenters. The molecular formula is C26H20ClF4NO5. The predicted octanol–water partition coefficient (Wildman–Crippen LogP) is 5.82. The molecule has 1 aliphatic heterocycles. The molecule has 4 rings (SSSR count). The summed E-state index contributed by atoms with van der Waals surface area (Å²) in [6, 6.07) is 11.2. The number of carbonyl (C=O) groups excluding carboxylic acids is 2. The first-order valence-corrected chi connectivity index (χ1v) is 11.3. The van der Waals surface area contributed by atoms with E-state index in [4.69, 9.17) is 16.3 Å². The fourth-order valence-corrected chi connectivity index (χ4v) is 4.58. The van der Waals surface area contributed by atoms with Gasteiger partial charge in [0.15, 0.2) is 12.2 Å². The molecule has 1 amide bonds. The minimum atomic E-state index is -5.13. The summed E-state index contributed by atoms with van der Waals surface area (Å²) in [5.74, 6) is -3.65. The van der Waals surface area contributed by atoms with E-state index in [1.807, 2.05) is 0 Å². The molecule has 2 atom stereocenters. The lowest BCUT2D eigenvalue weighted by atomic mass is 9.77. The van der Waals surface area contributed by atoms with Gasteiger partial charge in [-0.05, 0) is 52.6 Å². The zero-order valence-corrected chi connectivity index (χ0v) is 20.2. The van der Waals surface area contributed by atoms with E-state index in [0.717, 1.165) is 25.3 Å². The van der Waals surface area contributed by atoms with Crippen LogP contribution in [0.15, 0.2) is 54.6 Å². The van der Waals surface area contributed by atoms with Crippen LogP contribution in [0.4, 0.5) is 23.2 Å². The van der Waals surface area contributed by atoms with Crippen LogP contribution in [0.25, 0.3) is 11.1 Å². The number of hydrogen-bond acceptors (Lipinski definition) is 5. The van der Waals surface area contributed by atoms with E-state index in [-0.39, 0.29) is 34.2 Å². The fraction of sp³-hybridized carbons (Fsp3) is 0.231. The third-order valence-corrected chi connectivity index (χ3v) is 6.61. The van der Waals surface area contributed by atoms with Crippen LogP contribution in [0.1, 0.15) is 34.3 Å². The van der Waals surface area contributed by atoms with Crippen molar-refractivity contribution in [1.82, 2.24) is 0 Å². The van der Waals surface area contributed by atoms with Crippen molar-refractivity contribution in [3.63, 3.8) is 0 Å². The molecule has 0 bridgehead atoms. The number of nitrogens with one attached hydrogen (secondary N) is 1. The van der Waals surface area contributed by atoms with Gasteiger partial charge in [0.25, 0.3) is 5.91 Å². The van der Waals surface area contributed by atoms with Crippen molar-refractivity contribution in [2.75, 3.05) is 19.0 Å². The number of alkyl halides is 3. The molecule has 1 aliphatic rings. The molecule has 3 aromatic rings. The number of halogens is 5. The summed E-state index contributed by atoms with van der Waals surface area (Å²) in [4.78, 5) is 23.3. The van der Waals surface area contributed by atoms with E-state index in [1.54, 1.807) is 0 Å². The van der Waals surface area contributed by atoms with Gasteiger partial charge in [0.1, 0.15) is 11.6 Å². The van der Waals surface area contributed by atoms with Crippen LogP contribution in [0.3, 0.4) is 0 Å². The fourth-order valence-electron chi connectivity index (χ4n) is 4.23. The average molecular weight is 538 g/mol. The van der Waals surface area contributed by atoms with Gasteiger partial charge in [-0.25, -0.2) is 9.18 Å². The molecule has 0 saturated heterocycles. The third kappa shape index (κ3) is 4.74. The lowest BCUT2D eigenvalue weighted by Crippen LogP contribution is -2.46. The Bertz CT molecular complexity index is 1390. The summed E-state index contributed by atoms with van der Waals surface area (Å²) in [5, 5.41) is 13.5. The molecule has 1 heterocycles. The number of methoxy groups -OCH3 is 1. The molecular weight excluding hydrogens is 518 g/mol. The first kappa shape index (κ1) is 26.4. The highest BCUT2D eigenvalue weighted by atomic mass is 35.5. The van der Waals surface area contributed by atoms with Crippen molar-refractivity contribution in [3.8, 4) is 16.9 Å². The van der Waals surface area contributed by atoms with Gasteiger partial charge in [0.2, 0.25) is 0 Å². The quantitative estimate of drug-likeness (QED) is 0.317. The van der Waals surface area contributed by atoms with Crippen molar-refractivity contribution >= 4 is 29.2 Å². The Labute approximate surface area is 213 Å². The number of benzene rings is 3. The summed E-state index contributed by atoms with van der Waals surface area (Å²) >= 11 is 6.37. The van der Waals surface area contributed by atoms with Gasteiger partial charge < -0.3 is 19.9 Å². The summed E-state index contributed by atoms with van der Waals surface area (Å²) < 4.78 is 67.3. The Morgan fingerprint density at radius 1 is 1.11 bits per heavy atom. The molecule has 0 radical (unpaired) electrons. The van der Waals surface area contributed by atoms with Crippen molar-refractivity contribution in [2.24, 2.45) is 0 Å². The zero-order chi connectivity index (χ0) is 27.1. The smallest absolute Gasteiger partial charge is 0.422 e. The van der Waals surface area contributed by atoms with Gasteiger partial charge in [-0.2, -0.15) is 13.2 Å². The number of carbonyl (C=O) groups is 2. The Kier molecular flexibility index (Phi) is 6.91. The highest BCUT2D eigenvalue weighted by molar-refractivity contribution is 6.31. The Morgan fingerprint density at radius 3 is 2.41 bits per heavy atom. The van der Waals surface area contributed by atoms with E-state index in [0.29, 0.717) is 11.1 Å². The zero-order valence-electron chi connectivity index (χ0n) is 19.5. The second-order valence-electron chi connectivity index (χ2n) is 8.46. The monoisotopic (exact) mass is 537 g/mol. The summed E-state index contributed by atoms with van der Waals surface area (Å²) in [5.41, 5.74) is -3.49. The first-order chi connectivity index (χ1) is 17.4. The summed E-state index contributed by atoms with van der Waals surface area (Å²) in [6.07, 6.45) is -5.13. The molecule has 2 N–H and O–H groups in total. The third-order valence-electron chi connectivity index (χ3n) is 6.29. The van der Waals surface area contributed by atoms with Gasteiger partial charge >= 0.3 is 12.1 Å². The maximum atomic E-state index is 14.4. The van der Waals surface area contributed by atoms with Crippen molar-refractivity contribution in [1.29, 1.82) is 0 Å². The number of hydrogen-bond donors (Lipinski definition) is 2. The molecule has 0 saturated carbocycles. The van der Waals surface area contributed by atoms with Gasteiger partial charge in [-0.1, -0.05) is 42.8 Å². The van der Waals surface area contributed by atoms with E-state index in [1.165, 1.54) is 43.3 Å². The Hall–Kier alpha value is -3.63. The minimum absolute atomic E-state index is 0.00231. The number of fused-ring (bicyclic) bond motifs is 1. The van der Waals surface area contributed by atoms with E-state index < -0.39 is 41.0 Å². The first-order valence-electron chi connectivity index (χ1n) is 10.9. The van der Waals surface area contributed by atoms with Crippen molar-refractivity contribution in [2.45, 2.75) is 24.6 Å². The summed E-state index contributed by atoms with van der Waals surface area (Å²) in [7, 11) is 1.12. The number of rotatable bonds is 5. The normalized spacial score (nSPS) is 15.6. The van der Waals surface area contributed by atoms with E-state index in [9.17, 15) is 32.3 Å². The molecule has 3 aromatic carbocycles. The van der Waals surface area contributed by atoms with Crippen LogP contribution in [-0.2, 0) is 15.1 Å². The van der Waals surface area contributed by atoms with Crippen LogP contribution in [0.5, 0.6) is 5.75 Å². The molecule has 0 aromatic heterocycles. The van der Waals surface area contributed by atoms with Gasteiger partial charge in [0, 0.05) is 10.9 Å². The second-order valence-corrected chi connectivity index (χ2v) is 8.86. The molecule has 0 fully saturated rings. The molecule has 11 heteroatoms. The molecule has 194 valence electrons. The lowest BCUT2D eigenvalue weighted by molar-refractivity contribution is -0.274. The highest BCUT2D eigenvalue weighted by Crippen LogP contribution is 2.51. The molecule has 37 heavy (non-hydrogen) atoms. The van der Waals surface area contributed by atoms with Crippen LogP contribution in [-0.4, -0.2) is 36.9 Å². The van der Waals surface area contributed by atoms with E-state index >= 15 is 0 Å². The minimum Gasteiger partial charge on any atom is -0.482 e. The largest absolute Gasteiger partial charge is 0.482 e. The van der Waals surface area contributed by atoms with Crippen molar-refractivity contribution < 1.29 is 41.7 Å². The van der Waals surface area contributed by atoms with Crippen LogP contribution in [0, 0.1) is 5.82 Å². The SMILES string of the molecule is COC(=O)c1ccc(-c2ccc([C@@H](C)[C@@](O)(c3ccc4c(c3)NC(=O)CO4)C(F)(F)F)c(Cl)c2)cc1F. The van der Waals surface area contributed by atoms with Crippen LogP contribution < -0.4 is 10.1 Å². The van der Waals surface area contributed by atoms with Crippen LogP contribution in [0.2, 0.25) is 5.02 Å². The van der Waals surface area contributed by atoms with Gasteiger partial charge in [0.05, 0.1) is 18.4 Å². The Balaban J connectivity index is 1.73. The second kappa shape index (κ2) is 9.68. The number of aliphatic hydroxyl groups is 1. The van der Waals surface area contributed by atoms with Gasteiger partial charge in [-0.3, -0.25) is 4.79 Å². The Morgan fingerprint density at radius 2 is 1.78 bits per heavy atom. The molecule has 6 nitrogen and oxygen atoms in total. The average Bonchev–Trinajstić information content (AvgIpc) is 2.86. The number of amides is 1. The number of esters is 1. The van der Waals surface area contributed by atoms with E-state index in [2.05, 4.69) is 10.1 Å². The molecule has 0 spiro atoms. The maximum Gasteiger partial charge on any atom is 0.422 e. The van der Waals surface area contributed by atoms with Crippen LogP contribution >= 0.6 is 11.6 Å². The topological polar surface area (TPSA) is 84.9 Å².